The summed E-state index contributed by atoms with van der Waals surface area (Å²) in [5.41, 5.74) is 6.61. The number of nitrogen functional groups attached to an aromatic ring is 1. The Morgan fingerprint density at radius 2 is 2.53 bits per heavy atom. The van der Waals surface area contributed by atoms with Crippen LogP contribution in [-0.2, 0) is 0 Å². The van der Waals surface area contributed by atoms with Gasteiger partial charge >= 0.3 is 0 Å². The van der Waals surface area contributed by atoms with E-state index < -0.39 is 0 Å². The molecule has 1 atom stereocenters. The van der Waals surface area contributed by atoms with Gasteiger partial charge in [-0.15, -0.1) is 0 Å². The first-order valence-corrected chi connectivity index (χ1v) is 5.04. The van der Waals surface area contributed by atoms with E-state index >= 15 is 0 Å². The molecule has 1 aliphatic rings. The molecule has 4 N–H and O–H groups in total. The number of hydrogen-bond donors (Lipinski definition) is 3. The maximum absolute atomic E-state index is 11.9. The van der Waals surface area contributed by atoms with E-state index in [0.717, 1.165) is 6.42 Å². The lowest BCUT2D eigenvalue weighted by atomic mass is 10.1. The normalized spacial score (nSPS) is 20.9. The zero-order valence-electron chi connectivity index (χ0n) is 8.44. The molecule has 2 rings (SSSR count). The number of nitrogens with one attached hydrogen (secondary N) is 1. The number of anilines is 1. The summed E-state index contributed by atoms with van der Waals surface area (Å²) in [6.07, 6.45) is 2.48. The largest absolute Gasteiger partial charge is 0.397 e. The number of nitrogens with two attached hydrogens (primary N) is 1. The first kappa shape index (κ1) is 10.0. The minimum Gasteiger partial charge on any atom is -0.397 e. The molecule has 1 fully saturated rings. The van der Waals surface area contributed by atoms with Crippen molar-refractivity contribution < 1.29 is 9.90 Å². The van der Waals surface area contributed by atoms with Crippen molar-refractivity contribution in [1.29, 1.82) is 0 Å². The van der Waals surface area contributed by atoms with Gasteiger partial charge in [0, 0.05) is 37.5 Å². The van der Waals surface area contributed by atoms with E-state index in [1.807, 2.05) is 0 Å². The van der Waals surface area contributed by atoms with Crippen molar-refractivity contribution in [3.05, 3.63) is 18.0 Å². The quantitative estimate of drug-likeness (QED) is 0.643. The van der Waals surface area contributed by atoms with Gasteiger partial charge in [-0.1, -0.05) is 0 Å². The summed E-state index contributed by atoms with van der Waals surface area (Å²) >= 11 is 0. The molecule has 1 aliphatic heterocycles. The van der Waals surface area contributed by atoms with Gasteiger partial charge in [0.1, 0.15) is 5.69 Å². The van der Waals surface area contributed by atoms with Crippen LogP contribution in [0.1, 0.15) is 16.9 Å². The molecule has 5 nitrogen and oxygen atoms in total. The second-order valence-electron chi connectivity index (χ2n) is 3.94. The molecule has 0 saturated carbocycles. The van der Waals surface area contributed by atoms with E-state index in [2.05, 4.69) is 4.98 Å². The Morgan fingerprint density at radius 1 is 1.73 bits per heavy atom. The van der Waals surface area contributed by atoms with Gasteiger partial charge in [0.2, 0.25) is 0 Å². The summed E-state index contributed by atoms with van der Waals surface area (Å²) < 4.78 is 0. The van der Waals surface area contributed by atoms with Gasteiger partial charge in [0.15, 0.2) is 0 Å². The highest BCUT2D eigenvalue weighted by molar-refractivity contribution is 5.93. The first-order valence-electron chi connectivity index (χ1n) is 5.04. The van der Waals surface area contributed by atoms with Crippen molar-refractivity contribution in [3.8, 4) is 0 Å². The minimum atomic E-state index is -0.0392. The number of likely N-dealkylation sites (tertiary alicyclic amines) is 1. The predicted molar refractivity (Wildman–Crippen MR) is 56.3 cm³/mol. The Kier molecular flexibility index (Phi) is 2.64. The van der Waals surface area contributed by atoms with Crippen molar-refractivity contribution in [2.45, 2.75) is 6.42 Å². The molecule has 15 heavy (non-hydrogen) atoms. The molecule has 1 saturated heterocycles. The summed E-state index contributed by atoms with van der Waals surface area (Å²) in [6, 6.07) is 1.63. The maximum Gasteiger partial charge on any atom is 0.270 e. The Morgan fingerprint density at radius 3 is 3.07 bits per heavy atom. The van der Waals surface area contributed by atoms with E-state index in [0.29, 0.717) is 24.5 Å². The van der Waals surface area contributed by atoms with Crippen LogP contribution in [0.4, 0.5) is 5.69 Å². The fraction of sp³-hybridized carbons (Fsp3) is 0.500. The van der Waals surface area contributed by atoms with Crippen molar-refractivity contribution >= 4 is 11.6 Å². The Labute approximate surface area is 87.9 Å². The SMILES string of the molecule is Nc1c[nH]c(C(=O)N2CCC(CO)C2)c1. The molecule has 0 spiro atoms. The smallest absolute Gasteiger partial charge is 0.270 e. The van der Waals surface area contributed by atoms with E-state index in [9.17, 15) is 4.79 Å². The van der Waals surface area contributed by atoms with Crippen LogP contribution in [0.15, 0.2) is 12.3 Å². The Hall–Kier alpha value is -1.49. The van der Waals surface area contributed by atoms with Gasteiger partial charge in [-0.25, -0.2) is 0 Å². The third kappa shape index (κ3) is 1.97. The zero-order valence-corrected chi connectivity index (χ0v) is 8.44. The molecular weight excluding hydrogens is 194 g/mol. The molecule has 1 aromatic rings. The molecule has 0 bridgehead atoms. The predicted octanol–water partition coefficient (Wildman–Crippen LogP) is 0.0513. The van der Waals surface area contributed by atoms with Gasteiger partial charge in [0.25, 0.3) is 5.91 Å². The van der Waals surface area contributed by atoms with Crippen LogP contribution in [0, 0.1) is 5.92 Å². The highest BCUT2D eigenvalue weighted by Gasteiger charge is 2.26. The fourth-order valence-electron chi connectivity index (χ4n) is 1.87. The molecule has 5 heteroatoms. The molecule has 1 aromatic heterocycles. The van der Waals surface area contributed by atoms with E-state index in [-0.39, 0.29) is 18.4 Å². The van der Waals surface area contributed by atoms with Crippen molar-refractivity contribution in [2.24, 2.45) is 5.92 Å². The summed E-state index contributed by atoms with van der Waals surface area (Å²) in [6.45, 7) is 1.49. The first-order chi connectivity index (χ1) is 7.20. The Bertz CT molecular complexity index is 361. The van der Waals surface area contributed by atoms with Crippen molar-refractivity contribution in [3.63, 3.8) is 0 Å². The van der Waals surface area contributed by atoms with Gasteiger partial charge < -0.3 is 20.7 Å². The third-order valence-electron chi connectivity index (χ3n) is 2.77. The number of carbonyl (C=O) groups is 1. The summed E-state index contributed by atoms with van der Waals surface area (Å²) in [7, 11) is 0. The summed E-state index contributed by atoms with van der Waals surface area (Å²) in [5, 5.41) is 8.97. The van der Waals surface area contributed by atoms with E-state index in [4.69, 9.17) is 10.8 Å². The van der Waals surface area contributed by atoms with Crippen LogP contribution in [0.3, 0.4) is 0 Å². The van der Waals surface area contributed by atoms with Crippen LogP contribution in [-0.4, -0.2) is 40.6 Å². The molecule has 0 aliphatic carbocycles. The van der Waals surface area contributed by atoms with Crippen LogP contribution in [0.5, 0.6) is 0 Å². The highest BCUT2D eigenvalue weighted by Crippen LogP contribution is 2.18. The average Bonchev–Trinajstić information content (AvgIpc) is 2.84. The number of hydrogen-bond acceptors (Lipinski definition) is 3. The van der Waals surface area contributed by atoms with Crippen LogP contribution >= 0.6 is 0 Å². The number of rotatable bonds is 2. The lowest BCUT2D eigenvalue weighted by molar-refractivity contribution is 0.0777. The molecule has 0 radical (unpaired) electrons. The van der Waals surface area contributed by atoms with Gasteiger partial charge in [-0.3, -0.25) is 4.79 Å². The molecule has 82 valence electrons. The molecule has 2 heterocycles. The second-order valence-corrected chi connectivity index (χ2v) is 3.94. The minimum absolute atomic E-state index is 0.0392. The van der Waals surface area contributed by atoms with Gasteiger partial charge in [-0.05, 0) is 12.5 Å². The average molecular weight is 209 g/mol. The number of aromatic amines is 1. The van der Waals surface area contributed by atoms with Crippen molar-refractivity contribution in [2.75, 3.05) is 25.4 Å². The van der Waals surface area contributed by atoms with Gasteiger partial charge in [-0.2, -0.15) is 0 Å². The fourth-order valence-corrected chi connectivity index (χ4v) is 1.87. The summed E-state index contributed by atoms with van der Waals surface area (Å²) in [4.78, 5) is 16.5. The lowest BCUT2D eigenvalue weighted by Crippen LogP contribution is -2.29. The number of aliphatic hydroxyl groups is 1. The van der Waals surface area contributed by atoms with Crippen LogP contribution < -0.4 is 5.73 Å². The van der Waals surface area contributed by atoms with Gasteiger partial charge in [0.05, 0.1) is 0 Å². The monoisotopic (exact) mass is 209 g/mol. The number of amides is 1. The third-order valence-corrected chi connectivity index (χ3v) is 2.77. The number of aromatic nitrogens is 1. The Balaban J connectivity index is 2.03. The van der Waals surface area contributed by atoms with Crippen LogP contribution in [0.25, 0.3) is 0 Å². The molecule has 1 amide bonds. The molecule has 0 aromatic carbocycles. The second kappa shape index (κ2) is 3.94. The maximum atomic E-state index is 11.9. The molecule has 1 unspecified atom stereocenters. The summed E-state index contributed by atoms with van der Waals surface area (Å²) in [5.74, 6) is 0.184. The zero-order chi connectivity index (χ0) is 10.8. The number of nitrogens with zero attached hydrogens (tertiary/aromatic N) is 1. The topological polar surface area (TPSA) is 82.4 Å². The number of H-pyrrole nitrogens is 1. The van der Waals surface area contributed by atoms with E-state index in [1.54, 1.807) is 17.2 Å². The number of carbonyl (C=O) groups excluding carboxylic acids is 1. The van der Waals surface area contributed by atoms with Crippen LogP contribution in [0.2, 0.25) is 0 Å². The highest BCUT2D eigenvalue weighted by atomic mass is 16.3. The number of aliphatic hydroxyl groups excluding tert-OH is 1. The van der Waals surface area contributed by atoms with Crippen molar-refractivity contribution in [1.82, 2.24) is 9.88 Å². The lowest BCUT2D eigenvalue weighted by Gasteiger charge is -2.14. The standard InChI is InChI=1S/C10H15N3O2/c11-8-3-9(12-4-8)10(15)13-2-1-7(5-13)6-14/h3-4,7,12,14H,1-2,5-6,11H2. The van der Waals surface area contributed by atoms with E-state index in [1.165, 1.54) is 0 Å². The molecular formula is C10H15N3O2.